The van der Waals surface area contributed by atoms with Crippen LogP contribution in [-0.4, -0.2) is 24.9 Å². The lowest BCUT2D eigenvalue weighted by Crippen LogP contribution is -2.36. The first kappa shape index (κ1) is 15.0. The first-order chi connectivity index (χ1) is 8.91. The summed E-state index contributed by atoms with van der Waals surface area (Å²) in [6.45, 7) is 6.34. The average Bonchev–Trinajstić information content (AvgIpc) is 2.37. The third kappa shape index (κ3) is 4.62. The van der Waals surface area contributed by atoms with Crippen LogP contribution < -0.4 is 16.4 Å². The molecule has 0 radical (unpaired) electrons. The Morgan fingerprint density at radius 2 is 1.84 bits per heavy atom. The third-order valence-corrected chi connectivity index (χ3v) is 2.77. The second-order valence-corrected chi connectivity index (χ2v) is 4.77. The fourth-order valence-corrected chi connectivity index (χ4v) is 1.48. The Morgan fingerprint density at radius 1 is 1.21 bits per heavy atom. The zero-order valence-corrected chi connectivity index (χ0v) is 11.6. The summed E-state index contributed by atoms with van der Waals surface area (Å²) in [6, 6.07) is 5.15. The van der Waals surface area contributed by atoms with Crippen molar-refractivity contribution in [3.63, 3.8) is 0 Å². The predicted molar refractivity (Wildman–Crippen MR) is 75.8 cm³/mol. The second-order valence-electron chi connectivity index (χ2n) is 4.77. The maximum atomic E-state index is 11.8. The largest absolute Gasteiger partial charge is 0.399 e. The molecule has 4 N–H and O–H groups in total. The van der Waals surface area contributed by atoms with Gasteiger partial charge in [-0.15, -0.1) is 0 Å². The SMILES string of the molecule is Cc1cc(C(=O)NCCNC(=O)C(C)C)ccc1N. The Labute approximate surface area is 113 Å². The quantitative estimate of drug-likeness (QED) is 0.549. The Morgan fingerprint density at radius 3 is 2.42 bits per heavy atom. The van der Waals surface area contributed by atoms with Gasteiger partial charge in [-0.1, -0.05) is 13.8 Å². The summed E-state index contributed by atoms with van der Waals surface area (Å²) in [4.78, 5) is 23.1. The summed E-state index contributed by atoms with van der Waals surface area (Å²) in [5.41, 5.74) is 7.81. The van der Waals surface area contributed by atoms with Crippen LogP contribution in [0.5, 0.6) is 0 Å². The van der Waals surface area contributed by atoms with Crippen molar-refractivity contribution in [2.24, 2.45) is 5.92 Å². The summed E-state index contributed by atoms with van der Waals surface area (Å²) in [5.74, 6) is -0.227. The molecule has 0 aliphatic heterocycles. The van der Waals surface area contributed by atoms with Gasteiger partial charge in [-0.3, -0.25) is 9.59 Å². The molecule has 0 atom stereocenters. The number of aryl methyl sites for hydroxylation is 1. The number of hydrogen-bond acceptors (Lipinski definition) is 3. The lowest BCUT2D eigenvalue weighted by Gasteiger charge is -2.09. The van der Waals surface area contributed by atoms with Crippen LogP contribution in [0, 0.1) is 12.8 Å². The van der Waals surface area contributed by atoms with E-state index in [4.69, 9.17) is 5.73 Å². The Bertz CT molecular complexity index is 470. The minimum atomic E-state index is -0.165. The van der Waals surface area contributed by atoms with E-state index in [2.05, 4.69) is 10.6 Å². The van der Waals surface area contributed by atoms with Gasteiger partial charge in [0.15, 0.2) is 0 Å². The zero-order valence-electron chi connectivity index (χ0n) is 11.6. The molecule has 0 unspecified atom stereocenters. The minimum absolute atomic E-state index is 0.0161. The number of carbonyl (C=O) groups excluding carboxylic acids is 2. The van der Waals surface area contributed by atoms with Gasteiger partial charge in [0, 0.05) is 30.3 Å². The molecule has 0 fully saturated rings. The lowest BCUT2D eigenvalue weighted by molar-refractivity contribution is -0.123. The molecule has 0 bridgehead atoms. The highest BCUT2D eigenvalue weighted by atomic mass is 16.2. The van der Waals surface area contributed by atoms with E-state index in [1.165, 1.54) is 0 Å². The molecular formula is C14H21N3O2. The van der Waals surface area contributed by atoms with Crippen LogP contribution in [0.4, 0.5) is 5.69 Å². The molecule has 1 rings (SSSR count). The first-order valence-corrected chi connectivity index (χ1v) is 6.34. The van der Waals surface area contributed by atoms with Gasteiger partial charge < -0.3 is 16.4 Å². The number of benzene rings is 1. The molecule has 2 amide bonds. The van der Waals surface area contributed by atoms with Gasteiger partial charge in [0.05, 0.1) is 0 Å². The van der Waals surface area contributed by atoms with Crippen molar-refractivity contribution in [3.05, 3.63) is 29.3 Å². The Kier molecular flexibility index (Phi) is 5.36. The standard InChI is InChI=1S/C14H21N3O2/c1-9(2)13(18)16-6-7-17-14(19)11-4-5-12(15)10(3)8-11/h4-5,8-9H,6-7,15H2,1-3H3,(H,16,18)(H,17,19). The van der Waals surface area contributed by atoms with Crippen molar-refractivity contribution < 1.29 is 9.59 Å². The second kappa shape index (κ2) is 6.78. The Hall–Kier alpha value is -2.04. The number of hydrogen-bond donors (Lipinski definition) is 3. The van der Waals surface area contributed by atoms with Gasteiger partial charge in [0.2, 0.25) is 5.91 Å². The van der Waals surface area contributed by atoms with Crippen LogP contribution in [0.25, 0.3) is 0 Å². The summed E-state index contributed by atoms with van der Waals surface area (Å²) >= 11 is 0. The molecule has 0 aliphatic rings. The monoisotopic (exact) mass is 263 g/mol. The van der Waals surface area contributed by atoms with E-state index in [1.54, 1.807) is 18.2 Å². The number of nitrogens with two attached hydrogens (primary N) is 1. The molecule has 19 heavy (non-hydrogen) atoms. The van der Waals surface area contributed by atoms with Crippen molar-refractivity contribution in [1.29, 1.82) is 0 Å². The number of rotatable bonds is 5. The van der Waals surface area contributed by atoms with E-state index in [0.717, 1.165) is 5.56 Å². The lowest BCUT2D eigenvalue weighted by atomic mass is 10.1. The van der Waals surface area contributed by atoms with Crippen LogP contribution in [0.3, 0.4) is 0 Å². The molecule has 5 heteroatoms. The van der Waals surface area contributed by atoms with E-state index in [9.17, 15) is 9.59 Å². The first-order valence-electron chi connectivity index (χ1n) is 6.34. The van der Waals surface area contributed by atoms with E-state index in [-0.39, 0.29) is 17.7 Å². The van der Waals surface area contributed by atoms with Crippen LogP contribution >= 0.6 is 0 Å². The normalized spacial score (nSPS) is 10.3. The molecule has 104 valence electrons. The zero-order chi connectivity index (χ0) is 14.4. The summed E-state index contributed by atoms with van der Waals surface area (Å²) in [6.07, 6.45) is 0. The van der Waals surface area contributed by atoms with Crippen molar-refractivity contribution in [3.8, 4) is 0 Å². The molecule has 0 saturated carbocycles. The van der Waals surface area contributed by atoms with Crippen LogP contribution in [0.2, 0.25) is 0 Å². The van der Waals surface area contributed by atoms with Crippen molar-refractivity contribution in [1.82, 2.24) is 10.6 Å². The highest BCUT2D eigenvalue weighted by Crippen LogP contribution is 2.12. The van der Waals surface area contributed by atoms with Crippen molar-refractivity contribution in [2.45, 2.75) is 20.8 Å². The van der Waals surface area contributed by atoms with E-state index >= 15 is 0 Å². The third-order valence-electron chi connectivity index (χ3n) is 2.77. The van der Waals surface area contributed by atoms with E-state index < -0.39 is 0 Å². The van der Waals surface area contributed by atoms with E-state index in [1.807, 2.05) is 20.8 Å². The molecule has 0 spiro atoms. The highest BCUT2D eigenvalue weighted by molar-refractivity contribution is 5.94. The number of nitrogens with one attached hydrogen (secondary N) is 2. The maximum absolute atomic E-state index is 11.8. The number of carbonyl (C=O) groups is 2. The average molecular weight is 263 g/mol. The molecule has 1 aromatic carbocycles. The van der Waals surface area contributed by atoms with Gasteiger partial charge in [-0.05, 0) is 30.7 Å². The van der Waals surface area contributed by atoms with Gasteiger partial charge in [0.1, 0.15) is 0 Å². The number of amides is 2. The number of anilines is 1. The molecule has 5 nitrogen and oxygen atoms in total. The molecule has 0 aliphatic carbocycles. The molecule has 0 heterocycles. The highest BCUT2D eigenvalue weighted by Gasteiger charge is 2.08. The van der Waals surface area contributed by atoms with Gasteiger partial charge in [0.25, 0.3) is 5.91 Å². The minimum Gasteiger partial charge on any atom is -0.399 e. The van der Waals surface area contributed by atoms with Crippen molar-refractivity contribution >= 4 is 17.5 Å². The summed E-state index contributed by atoms with van der Waals surface area (Å²) < 4.78 is 0. The van der Waals surface area contributed by atoms with E-state index in [0.29, 0.717) is 24.3 Å². The van der Waals surface area contributed by atoms with Crippen molar-refractivity contribution in [2.75, 3.05) is 18.8 Å². The molecular weight excluding hydrogens is 242 g/mol. The van der Waals surface area contributed by atoms with Gasteiger partial charge >= 0.3 is 0 Å². The molecule has 0 saturated heterocycles. The smallest absolute Gasteiger partial charge is 0.251 e. The molecule has 0 aromatic heterocycles. The molecule has 1 aromatic rings. The topological polar surface area (TPSA) is 84.2 Å². The summed E-state index contributed by atoms with van der Waals surface area (Å²) in [5, 5.41) is 5.48. The predicted octanol–water partition coefficient (Wildman–Crippen LogP) is 1.08. The fraction of sp³-hybridized carbons (Fsp3) is 0.429. The van der Waals surface area contributed by atoms with Crippen LogP contribution in [0.1, 0.15) is 29.8 Å². The Balaban J connectivity index is 2.39. The summed E-state index contributed by atoms with van der Waals surface area (Å²) in [7, 11) is 0. The van der Waals surface area contributed by atoms with Crippen LogP contribution in [0.15, 0.2) is 18.2 Å². The van der Waals surface area contributed by atoms with Gasteiger partial charge in [-0.2, -0.15) is 0 Å². The fourth-order valence-electron chi connectivity index (χ4n) is 1.48. The van der Waals surface area contributed by atoms with Gasteiger partial charge in [-0.25, -0.2) is 0 Å². The number of nitrogen functional groups attached to an aromatic ring is 1. The maximum Gasteiger partial charge on any atom is 0.251 e. The van der Waals surface area contributed by atoms with Crippen LogP contribution in [-0.2, 0) is 4.79 Å².